The molecule has 10 nitrogen and oxygen atoms in total. The fourth-order valence-electron chi connectivity index (χ4n) is 4.66. The van der Waals surface area contributed by atoms with Gasteiger partial charge in [0.15, 0.2) is 11.5 Å². The van der Waals surface area contributed by atoms with Crippen molar-refractivity contribution in [3.63, 3.8) is 0 Å². The molecule has 4 aliphatic heterocycles. The highest BCUT2D eigenvalue weighted by atomic mass is 35.5. The molecule has 2 bridgehead atoms. The van der Waals surface area contributed by atoms with Gasteiger partial charge >= 0.3 is 0 Å². The molecule has 4 heterocycles. The number of ether oxygens (including phenoxy) is 2. The molecule has 0 saturated carbocycles. The van der Waals surface area contributed by atoms with Crippen molar-refractivity contribution in [1.29, 1.82) is 0 Å². The van der Waals surface area contributed by atoms with E-state index in [1.54, 1.807) is 12.1 Å². The predicted molar refractivity (Wildman–Crippen MR) is 120 cm³/mol. The van der Waals surface area contributed by atoms with E-state index in [-0.39, 0.29) is 17.9 Å². The summed E-state index contributed by atoms with van der Waals surface area (Å²) in [4.78, 5) is 31.0. The van der Waals surface area contributed by atoms with Crippen molar-refractivity contribution >= 4 is 45.0 Å². The number of phenolic OH excluding ortho intramolecular Hbond substituents is 1. The van der Waals surface area contributed by atoms with Gasteiger partial charge in [-0.2, -0.15) is 5.06 Å². The maximum absolute atomic E-state index is 13.5. The molecule has 1 aromatic rings. The lowest BCUT2D eigenvalue weighted by atomic mass is 9.77. The van der Waals surface area contributed by atoms with Crippen molar-refractivity contribution in [3.05, 3.63) is 29.8 Å². The standard InChI is InChI=1S/C20H21ClN2O8S2/c1-29-10-5-3-8(13(25)14(10)30-2)15-12-17(26)23-20(33-32-15,18(27)22-12)7-19(28)11(21)6-4-9(24)16(19)31-23/h3-6,9,11-12,15-16,24-25,28H,7H2,1-2H3,(H,22,27)/t9-,11-,12?,15-,16+,19+,20?/m1/s1. The fraction of sp³-hybridized carbons (Fsp3) is 0.500. The van der Waals surface area contributed by atoms with E-state index in [0.717, 1.165) is 15.9 Å². The number of nitrogens with one attached hydrogen (secondary N) is 1. The van der Waals surface area contributed by atoms with Gasteiger partial charge in [0.05, 0.1) is 24.8 Å². The second kappa shape index (κ2) is 7.85. The van der Waals surface area contributed by atoms with E-state index < -0.39 is 51.2 Å². The van der Waals surface area contributed by atoms with Crippen molar-refractivity contribution in [3.8, 4) is 17.2 Å². The molecule has 2 amide bonds. The summed E-state index contributed by atoms with van der Waals surface area (Å²) in [6.45, 7) is 0. The Kier molecular flexibility index (Phi) is 5.46. The number of hydrogen-bond acceptors (Lipinski definition) is 10. The van der Waals surface area contributed by atoms with E-state index in [2.05, 4.69) is 5.32 Å². The molecule has 2 unspecified atom stereocenters. The molecule has 4 N–H and O–H groups in total. The van der Waals surface area contributed by atoms with E-state index in [1.807, 2.05) is 0 Å². The summed E-state index contributed by atoms with van der Waals surface area (Å²) in [5.74, 6) is -0.908. The lowest BCUT2D eigenvalue weighted by Crippen LogP contribution is -2.77. The number of piperazine rings is 1. The predicted octanol–water partition coefficient (Wildman–Crippen LogP) is 0.842. The van der Waals surface area contributed by atoms with Crippen LogP contribution in [0.4, 0.5) is 0 Å². The largest absolute Gasteiger partial charge is 0.504 e. The van der Waals surface area contributed by atoms with Crippen LogP contribution in [-0.2, 0) is 14.4 Å². The van der Waals surface area contributed by atoms with Crippen molar-refractivity contribution in [2.45, 2.75) is 45.8 Å². The van der Waals surface area contributed by atoms with Gasteiger partial charge in [0, 0.05) is 12.0 Å². The molecule has 4 fully saturated rings. The second-order valence-corrected chi connectivity index (χ2v) is 11.3. The number of alkyl halides is 1. The molecule has 1 spiro atoms. The number of aliphatic hydroxyl groups is 2. The van der Waals surface area contributed by atoms with Crippen LogP contribution < -0.4 is 14.8 Å². The van der Waals surface area contributed by atoms with Crippen molar-refractivity contribution in [1.82, 2.24) is 10.4 Å². The summed E-state index contributed by atoms with van der Waals surface area (Å²) in [7, 11) is 5.04. The number of phenols is 1. The number of rotatable bonds is 3. The van der Waals surface area contributed by atoms with Crippen LogP contribution in [0, 0.1) is 0 Å². The van der Waals surface area contributed by atoms with Crippen molar-refractivity contribution in [2.75, 3.05) is 14.2 Å². The van der Waals surface area contributed by atoms with E-state index in [4.69, 9.17) is 25.9 Å². The molecule has 13 heteroatoms. The average Bonchev–Trinajstić information content (AvgIpc) is 2.99. The zero-order chi connectivity index (χ0) is 23.7. The molecule has 0 aromatic heterocycles. The molecule has 33 heavy (non-hydrogen) atoms. The Bertz CT molecular complexity index is 1060. The van der Waals surface area contributed by atoms with Gasteiger partial charge in [-0.3, -0.25) is 14.4 Å². The van der Waals surface area contributed by atoms with Gasteiger partial charge in [0.1, 0.15) is 23.9 Å². The maximum Gasteiger partial charge on any atom is 0.272 e. The molecule has 5 aliphatic rings. The summed E-state index contributed by atoms with van der Waals surface area (Å²) in [6, 6.07) is 2.12. The number of hydroxylamine groups is 2. The number of benzene rings is 1. The smallest absolute Gasteiger partial charge is 0.272 e. The molecule has 1 aromatic carbocycles. The van der Waals surface area contributed by atoms with E-state index in [9.17, 15) is 24.9 Å². The third kappa shape index (κ3) is 3.08. The Labute approximate surface area is 201 Å². The fourth-order valence-corrected chi connectivity index (χ4v) is 8.47. The van der Waals surface area contributed by atoms with Gasteiger partial charge in [-0.15, -0.1) is 11.6 Å². The third-order valence-electron chi connectivity index (χ3n) is 6.38. The van der Waals surface area contributed by atoms with Gasteiger partial charge in [-0.05, 0) is 6.07 Å². The van der Waals surface area contributed by atoms with Gasteiger partial charge in [-0.1, -0.05) is 39.8 Å². The van der Waals surface area contributed by atoms with Crippen LogP contribution in [0.25, 0.3) is 0 Å². The zero-order valence-electron chi connectivity index (χ0n) is 17.4. The Morgan fingerprint density at radius 1 is 1.27 bits per heavy atom. The third-order valence-corrected chi connectivity index (χ3v) is 10.2. The van der Waals surface area contributed by atoms with Gasteiger partial charge in [-0.25, -0.2) is 0 Å². The number of aliphatic hydroxyl groups excluding tert-OH is 1. The second-order valence-electron chi connectivity index (χ2n) is 8.18. The van der Waals surface area contributed by atoms with Crippen LogP contribution in [0.5, 0.6) is 17.2 Å². The highest BCUT2D eigenvalue weighted by Gasteiger charge is 2.69. The summed E-state index contributed by atoms with van der Waals surface area (Å²) in [6.07, 6.45) is 0.130. The number of amides is 2. The molecule has 6 rings (SSSR count). The quantitative estimate of drug-likeness (QED) is 0.260. The molecule has 4 saturated heterocycles. The molecule has 0 radical (unpaired) electrons. The minimum Gasteiger partial charge on any atom is -0.504 e. The SMILES string of the molecule is COc1ccc([C@H]2SSC34C[C@]5(O)[C@H](Cl)C=C[C@@H](O)[C@@H]5ON3C(=O)C2NC4=O)c(O)c1OC. The highest BCUT2D eigenvalue weighted by molar-refractivity contribution is 8.77. The Hall–Kier alpha value is -1.83. The normalized spacial score (nSPS) is 39.4. The minimum absolute atomic E-state index is 0.102. The summed E-state index contributed by atoms with van der Waals surface area (Å²) in [5.41, 5.74) is -1.44. The number of carbonyl (C=O) groups is 2. The number of fused-ring (bicyclic) bond motifs is 4. The minimum atomic E-state index is -1.80. The first-order valence-corrected chi connectivity index (χ1v) is 12.7. The van der Waals surface area contributed by atoms with Crippen LogP contribution in [0.15, 0.2) is 24.3 Å². The first kappa shape index (κ1) is 22.9. The Morgan fingerprint density at radius 2 is 2.03 bits per heavy atom. The number of carbonyl (C=O) groups excluding carboxylic acids is 2. The summed E-state index contributed by atoms with van der Waals surface area (Å²) < 4.78 is 10.5. The van der Waals surface area contributed by atoms with E-state index in [1.165, 1.54) is 37.2 Å². The zero-order valence-corrected chi connectivity index (χ0v) is 19.8. The summed E-state index contributed by atoms with van der Waals surface area (Å²) >= 11 is 6.35. The molecule has 178 valence electrons. The molecule has 7 atom stereocenters. The number of nitrogens with zero attached hydrogens (tertiary/aromatic N) is 1. The first-order chi connectivity index (χ1) is 15.7. The lowest BCUT2D eigenvalue weighted by molar-refractivity contribution is -0.313. The van der Waals surface area contributed by atoms with Crippen molar-refractivity contribution < 1.29 is 39.2 Å². The molecule has 1 aliphatic carbocycles. The van der Waals surface area contributed by atoms with Crippen LogP contribution in [0.1, 0.15) is 17.2 Å². The first-order valence-electron chi connectivity index (χ1n) is 10.0. The van der Waals surface area contributed by atoms with Crippen LogP contribution in [0.3, 0.4) is 0 Å². The van der Waals surface area contributed by atoms with E-state index >= 15 is 0 Å². The highest BCUT2D eigenvalue weighted by Crippen LogP contribution is 2.61. The van der Waals surface area contributed by atoms with E-state index in [0.29, 0.717) is 11.3 Å². The molecular formula is C20H21ClN2O8S2. The van der Waals surface area contributed by atoms with Crippen LogP contribution in [0.2, 0.25) is 0 Å². The monoisotopic (exact) mass is 516 g/mol. The van der Waals surface area contributed by atoms with Crippen LogP contribution in [-0.4, -0.2) is 80.5 Å². The Morgan fingerprint density at radius 3 is 2.73 bits per heavy atom. The van der Waals surface area contributed by atoms with Crippen LogP contribution >= 0.6 is 33.2 Å². The number of methoxy groups -OCH3 is 2. The van der Waals surface area contributed by atoms with Gasteiger partial charge < -0.3 is 30.1 Å². The van der Waals surface area contributed by atoms with Crippen molar-refractivity contribution in [2.24, 2.45) is 0 Å². The number of aromatic hydroxyl groups is 1. The topological polar surface area (TPSA) is 138 Å². The van der Waals surface area contributed by atoms with Gasteiger partial charge in [0.25, 0.3) is 11.8 Å². The summed E-state index contributed by atoms with van der Waals surface area (Å²) in [5, 5.41) is 34.6. The lowest BCUT2D eigenvalue weighted by Gasteiger charge is -2.56. The number of halogens is 1. The van der Waals surface area contributed by atoms with Gasteiger partial charge in [0.2, 0.25) is 10.6 Å². The molecular weight excluding hydrogens is 496 g/mol. The Balaban J connectivity index is 1.58. The average molecular weight is 517 g/mol. The number of hydrogen-bond donors (Lipinski definition) is 4. The maximum atomic E-state index is 13.5.